The van der Waals surface area contributed by atoms with Crippen LogP contribution in [0.1, 0.15) is 12.0 Å². The number of imide groups is 1. The molecule has 1 aromatic heterocycles. The number of benzene rings is 1. The van der Waals surface area contributed by atoms with Crippen LogP contribution >= 0.6 is 0 Å². The lowest BCUT2D eigenvalue weighted by atomic mass is 10.1. The molecule has 2 amide bonds. The van der Waals surface area contributed by atoms with Gasteiger partial charge in [0.1, 0.15) is 0 Å². The summed E-state index contributed by atoms with van der Waals surface area (Å²) in [6.07, 6.45) is 5.07. The molecule has 1 saturated heterocycles. The molecule has 0 saturated carbocycles. The van der Waals surface area contributed by atoms with Crippen molar-refractivity contribution < 1.29 is 19.1 Å². The fraction of sp³-hybridized carbons (Fsp3) is 0.118. The number of carbonyl (C=O) groups excluding carboxylic acids is 2. The van der Waals surface area contributed by atoms with Gasteiger partial charge in [-0.1, -0.05) is 6.07 Å². The van der Waals surface area contributed by atoms with Crippen molar-refractivity contribution in [3.8, 4) is 11.5 Å². The van der Waals surface area contributed by atoms with Gasteiger partial charge in [0.25, 0.3) is 5.91 Å². The van der Waals surface area contributed by atoms with Crippen molar-refractivity contribution >= 4 is 23.6 Å². The Morgan fingerprint density at radius 1 is 1.13 bits per heavy atom. The third-order valence-corrected chi connectivity index (χ3v) is 3.71. The molecule has 0 atom stereocenters. The van der Waals surface area contributed by atoms with Crippen molar-refractivity contribution in [2.24, 2.45) is 0 Å². The lowest BCUT2D eigenvalue weighted by Gasteiger charge is -2.13. The Bertz CT molecular complexity index is 830. The van der Waals surface area contributed by atoms with Gasteiger partial charge in [-0.2, -0.15) is 0 Å². The number of aromatic nitrogens is 1. The van der Waals surface area contributed by atoms with Crippen molar-refractivity contribution in [2.45, 2.75) is 6.42 Å². The molecule has 1 fully saturated rings. The molecule has 2 aliphatic rings. The number of pyridine rings is 1. The van der Waals surface area contributed by atoms with Crippen LogP contribution in [0.2, 0.25) is 0 Å². The standard InChI is InChI=1S/C17H12N2O4/c20-16-7-12(6-11-2-1-5-18-9-11)17(21)19(16)13-3-4-14-15(8-13)23-10-22-14/h1-6,8-9H,7,10H2/b12-6+. The van der Waals surface area contributed by atoms with Gasteiger partial charge in [0.05, 0.1) is 12.1 Å². The predicted octanol–water partition coefficient (Wildman–Crippen LogP) is 2.16. The average Bonchev–Trinajstić information content (AvgIpc) is 3.13. The Morgan fingerprint density at radius 3 is 2.83 bits per heavy atom. The van der Waals surface area contributed by atoms with Crippen LogP contribution in [0.4, 0.5) is 5.69 Å². The van der Waals surface area contributed by atoms with Gasteiger partial charge >= 0.3 is 0 Å². The molecule has 0 aliphatic carbocycles. The third kappa shape index (κ3) is 2.34. The fourth-order valence-corrected chi connectivity index (χ4v) is 2.64. The lowest BCUT2D eigenvalue weighted by molar-refractivity contribution is -0.120. The molecule has 0 unspecified atom stereocenters. The summed E-state index contributed by atoms with van der Waals surface area (Å²) in [6.45, 7) is 0.146. The average molecular weight is 308 g/mol. The predicted molar refractivity (Wildman–Crippen MR) is 81.9 cm³/mol. The molecule has 0 bridgehead atoms. The molecule has 23 heavy (non-hydrogen) atoms. The van der Waals surface area contributed by atoms with Gasteiger partial charge in [-0.3, -0.25) is 14.6 Å². The number of ether oxygens (including phenoxy) is 2. The Hall–Kier alpha value is -3.15. The van der Waals surface area contributed by atoms with Crippen LogP contribution < -0.4 is 14.4 Å². The number of hydrogen-bond acceptors (Lipinski definition) is 5. The monoisotopic (exact) mass is 308 g/mol. The van der Waals surface area contributed by atoms with Gasteiger partial charge in [0, 0.05) is 24.0 Å². The van der Waals surface area contributed by atoms with Crippen LogP contribution in [-0.4, -0.2) is 23.6 Å². The summed E-state index contributed by atoms with van der Waals surface area (Å²) in [5, 5.41) is 0. The van der Waals surface area contributed by atoms with Crippen molar-refractivity contribution in [1.29, 1.82) is 0 Å². The molecule has 0 spiro atoms. The van der Waals surface area contributed by atoms with Gasteiger partial charge in [-0.05, 0) is 29.8 Å². The van der Waals surface area contributed by atoms with E-state index >= 15 is 0 Å². The first-order valence-corrected chi connectivity index (χ1v) is 7.10. The van der Waals surface area contributed by atoms with E-state index in [1.165, 1.54) is 4.90 Å². The largest absolute Gasteiger partial charge is 0.454 e. The van der Waals surface area contributed by atoms with Gasteiger partial charge < -0.3 is 9.47 Å². The molecule has 6 heteroatoms. The minimum atomic E-state index is -0.322. The Kier molecular flexibility index (Phi) is 3.08. The molecule has 0 N–H and O–H groups in total. The molecule has 6 nitrogen and oxygen atoms in total. The Balaban J connectivity index is 1.67. The second-order valence-electron chi connectivity index (χ2n) is 5.20. The summed E-state index contributed by atoms with van der Waals surface area (Å²) >= 11 is 0. The summed E-state index contributed by atoms with van der Waals surface area (Å²) in [7, 11) is 0. The fourth-order valence-electron chi connectivity index (χ4n) is 2.64. The summed E-state index contributed by atoms with van der Waals surface area (Å²) in [6, 6.07) is 8.63. The first-order chi connectivity index (χ1) is 11.2. The zero-order chi connectivity index (χ0) is 15.8. The van der Waals surface area contributed by atoms with E-state index in [-0.39, 0.29) is 25.0 Å². The molecule has 2 aromatic rings. The highest BCUT2D eigenvalue weighted by molar-refractivity contribution is 6.29. The number of carbonyl (C=O) groups is 2. The van der Waals surface area contributed by atoms with E-state index in [0.29, 0.717) is 22.8 Å². The second-order valence-corrected chi connectivity index (χ2v) is 5.20. The molecular weight excluding hydrogens is 296 g/mol. The lowest BCUT2D eigenvalue weighted by Crippen LogP contribution is -2.28. The van der Waals surface area contributed by atoms with Crippen molar-refractivity contribution in [3.05, 3.63) is 53.9 Å². The molecule has 1 aromatic carbocycles. The highest BCUT2D eigenvalue weighted by Gasteiger charge is 2.35. The zero-order valence-electron chi connectivity index (χ0n) is 12.1. The van der Waals surface area contributed by atoms with Crippen LogP contribution in [-0.2, 0) is 9.59 Å². The first kappa shape index (κ1) is 13.5. The molecular formula is C17H12N2O4. The van der Waals surface area contributed by atoms with Gasteiger partial charge in [-0.25, -0.2) is 4.90 Å². The minimum Gasteiger partial charge on any atom is -0.454 e. The summed E-state index contributed by atoms with van der Waals surface area (Å²) in [5.74, 6) is 0.563. The molecule has 2 aliphatic heterocycles. The summed E-state index contributed by atoms with van der Waals surface area (Å²) in [4.78, 5) is 30.0. The van der Waals surface area contributed by atoms with Crippen LogP contribution in [0.25, 0.3) is 6.08 Å². The van der Waals surface area contributed by atoms with Crippen LogP contribution in [0.3, 0.4) is 0 Å². The number of nitrogens with zero attached hydrogens (tertiary/aromatic N) is 2. The molecule has 114 valence electrons. The molecule has 4 rings (SSSR count). The Morgan fingerprint density at radius 2 is 2.00 bits per heavy atom. The SMILES string of the molecule is O=C1C/C(=C\c2cccnc2)C(=O)N1c1ccc2c(c1)OCO2. The van der Waals surface area contributed by atoms with Crippen molar-refractivity contribution in [1.82, 2.24) is 4.98 Å². The maximum atomic E-state index is 12.6. The normalized spacial score (nSPS) is 18.1. The van der Waals surface area contributed by atoms with Crippen LogP contribution in [0.5, 0.6) is 11.5 Å². The highest BCUT2D eigenvalue weighted by atomic mass is 16.7. The number of rotatable bonds is 2. The van der Waals surface area contributed by atoms with E-state index in [2.05, 4.69) is 4.98 Å². The van der Waals surface area contributed by atoms with E-state index in [4.69, 9.17) is 9.47 Å². The van der Waals surface area contributed by atoms with E-state index in [1.54, 1.807) is 42.7 Å². The number of hydrogen-bond donors (Lipinski definition) is 0. The number of amides is 2. The van der Waals surface area contributed by atoms with Gasteiger partial charge in [-0.15, -0.1) is 0 Å². The zero-order valence-corrected chi connectivity index (χ0v) is 12.1. The van der Waals surface area contributed by atoms with E-state index in [9.17, 15) is 9.59 Å². The maximum absolute atomic E-state index is 12.6. The maximum Gasteiger partial charge on any atom is 0.261 e. The first-order valence-electron chi connectivity index (χ1n) is 7.10. The van der Waals surface area contributed by atoms with E-state index < -0.39 is 0 Å². The summed E-state index contributed by atoms with van der Waals surface area (Å²) in [5.41, 5.74) is 1.72. The number of anilines is 1. The van der Waals surface area contributed by atoms with Gasteiger partial charge in [0.2, 0.25) is 12.7 Å². The quantitative estimate of drug-likeness (QED) is 0.628. The summed E-state index contributed by atoms with van der Waals surface area (Å²) < 4.78 is 10.5. The Labute approximate surface area is 132 Å². The number of fused-ring (bicyclic) bond motifs is 1. The minimum absolute atomic E-state index is 0.0716. The van der Waals surface area contributed by atoms with Crippen molar-refractivity contribution in [3.63, 3.8) is 0 Å². The highest BCUT2D eigenvalue weighted by Crippen LogP contribution is 2.37. The van der Waals surface area contributed by atoms with Crippen LogP contribution in [0.15, 0.2) is 48.3 Å². The van der Waals surface area contributed by atoms with E-state index in [0.717, 1.165) is 5.56 Å². The van der Waals surface area contributed by atoms with Crippen LogP contribution in [0, 0.1) is 0 Å². The van der Waals surface area contributed by atoms with E-state index in [1.807, 2.05) is 6.07 Å². The van der Waals surface area contributed by atoms with Crippen molar-refractivity contribution in [2.75, 3.05) is 11.7 Å². The smallest absolute Gasteiger partial charge is 0.261 e. The topological polar surface area (TPSA) is 68.7 Å². The molecule has 0 radical (unpaired) electrons. The van der Waals surface area contributed by atoms with Gasteiger partial charge in [0.15, 0.2) is 11.5 Å². The molecule has 3 heterocycles. The third-order valence-electron chi connectivity index (χ3n) is 3.71. The second kappa shape index (κ2) is 5.24.